The van der Waals surface area contributed by atoms with Gasteiger partial charge in [-0.15, -0.1) is 0 Å². The van der Waals surface area contributed by atoms with Gasteiger partial charge in [0.25, 0.3) is 0 Å². The van der Waals surface area contributed by atoms with Crippen LogP contribution in [0.2, 0.25) is 0 Å². The maximum Gasteiger partial charge on any atom is 0.409 e. The lowest BCUT2D eigenvalue weighted by Crippen LogP contribution is -2.58. The Morgan fingerprint density at radius 2 is 1.97 bits per heavy atom. The molecule has 3 heterocycles. The minimum absolute atomic E-state index is 0. The Morgan fingerprint density at radius 3 is 2.66 bits per heavy atom. The van der Waals surface area contributed by atoms with Crippen LogP contribution in [0.15, 0.2) is 18.3 Å². The van der Waals surface area contributed by atoms with E-state index in [1.54, 1.807) is 0 Å². The first kappa shape index (κ1) is 20.5. The molecule has 0 radical (unpaired) electrons. The first-order valence-electron chi connectivity index (χ1n) is 11.0. The lowest BCUT2D eigenvalue weighted by molar-refractivity contribution is -0.00294. The molecule has 5 rings (SSSR count). The number of piperazine rings is 1. The first-order chi connectivity index (χ1) is 13.7. The van der Waals surface area contributed by atoms with Crippen molar-refractivity contribution in [1.29, 1.82) is 0 Å². The summed E-state index contributed by atoms with van der Waals surface area (Å²) in [6, 6.07) is 5.04. The molecule has 1 atom stereocenters. The third kappa shape index (κ3) is 3.96. The van der Waals surface area contributed by atoms with E-state index in [-0.39, 0.29) is 13.5 Å². The number of carbonyl (C=O) groups is 1. The predicted octanol–water partition coefficient (Wildman–Crippen LogP) is 3.73. The maximum absolute atomic E-state index is 11.9. The van der Waals surface area contributed by atoms with E-state index in [0.29, 0.717) is 18.1 Å². The summed E-state index contributed by atoms with van der Waals surface area (Å²) >= 11 is 0. The third-order valence-electron chi connectivity index (χ3n) is 7.22. The third-order valence-corrected chi connectivity index (χ3v) is 7.22. The Balaban J connectivity index is 0.00000205. The fourth-order valence-electron chi connectivity index (χ4n) is 5.57. The van der Waals surface area contributed by atoms with Crippen molar-refractivity contribution in [3.63, 3.8) is 0 Å². The maximum atomic E-state index is 11.9. The molecule has 4 aliphatic rings. The number of hydrogen-bond donors (Lipinski definition) is 0. The average Bonchev–Trinajstić information content (AvgIpc) is 3.45. The van der Waals surface area contributed by atoms with E-state index in [0.717, 1.165) is 45.2 Å². The van der Waals surface area contributed by atoms with E-state index >= 15 is 0 Å². The standard InChI is InChI=1S/C22H32N4O2.CH4/c1-2-28-21(27)26-15-22(16-26)8-7-18(14-22)24-10-12-25(13-11-24)20-19(17-5-6-17)4-3-9-23-20;/h3-4,9,17-18H,2,5-8,10-16H2,1H3;1H4. The second kappa shape index (κ2) is 8.13. The molecule has 160 valence electrons. The van der Waals surface area contributed by atoms with Crippen molar-refractivity contribution < 1.29 is 9.53 Å². The Bertz CT molecular complexity index is 721. The van der Waals surface area contributed by atoms with Gasteiger partial charge in [-0.05, 0) is 56.6 Å². The molecule has 0 bridgehead atoms. The highest BCUT2D eigenvalue weighted by atomic mass is 16.6. The van der Waals surface area contributed by atoms with E-state index in [1.807, 2.05) is 18.0 Å². The number of amides is 1. The summed E-state index contributed by atoms with van der Waals surface area (Å²) in [6.45, 7) is 8.53. The molecule has 1 amide bonds. The van der Waals surface area contributed by atoms with Gasteiger partial charge in [0.2, 0.25) is 0 Å². The van der Waals surface area contributed by atoms with Gasteiger partial charge in [0.1, 0.15) is 5.82 Å². The van der Waals surface area contributed by atoms with E-state index in [9.17, 15) is 4.79 Å². The van der Waals surface area contributed by atoms with Crippen molar-refractivity contribution in [3.8, 4) is 0 Å². The summed E-state index contributed by atoms with van der Waals surface area (Å²) in [5.74, 6) is 1.98. The van der Waals surface area contributed by atoms with Gasteiger partial charge in [-0.3, -0.25) is 4.90 Å². The molecule has 2 saturated carbocycles. The number of aromatic nitrogens is 1. The number of carbonyl (C=O) groups excluding carboxylic acids is 1. The highest BCUT2D eigenvalue weighted by Gasteiger charge is 2.51. The van der Waals surface area contributed by atoms with Crippen molar-refractivity contribution >= 4 is 11.9 Å². The first-order valence-corrected chi connectivity index (χ1v) is 11.0. The van der Waals surface area contributed by atoms with Gasteiger partial charge in [0.05, 0.1) is 6.61 Å². The van der Waals surface area contributed by atoms with Crippen molar-refractivity contribution in [2.24, 2.45) is 5.41 Å². The van der Waals surface area contributed by atoms with Gasteiger partial charge in [0, 0.05) is 56.9 Å². The molecule has 2 aliphatic heterocycles. The van der Waals surface area contributed by atoms with E-state index < -0.39 is 0 Å². The summed E-state index contributed by atoms with van der Waals surface area (Å²) in [5.41, 5.74) is 1.82. The topological polar surface area (TPSA) is 48.9 Å². The molecule has 1 spiro atoms. The number of hydrogen-bond acceptors (Lipinski definition) is 5. The summed E-state index contributed by atoms with van der Waals surface area (Å²) < 4.78 is 5.14. The molecule has 1 unspecified atom stereocenters. The summed E-state index contributed by atoms with van der Waals surface area (Å²) in [5, 5.41) is 0. The number of anilines is 1. The zero-order chi connectivity index (χ0) is 19.1. The number of pyridine rings is 1. The minimum atomic E-state index is -0.132. The van der Waals surface area contributed by atoms with Crippen LogP contribution >= 0.6 is 0 Å². The summed E-state index contributed by atoms with van der Waals surface area (Å²) in [6.07, 6.45) is 8.22. The van der Waals surface area contributed by atoms with Crippen molar-refractivity contribution in [2.75, 3.05) is 50.8 Å². The molecule has 29 heavy (non-hydrogen) atoms. The quantitative estimate of drug-likeness (QED) is 0.771. The van der Waals surface area contributed by atoms with Gasteiger partial charge >= 0.3 is 6.09 Å². The van der Waals surface area contributed by atoms with E-state index in [2.05, 4.69) is 21.9 Å². The second-order valence-electron chi connectivity index (χ2n) is 9.17. The van der Waals surface area contributed by atoms with Crippen molar-refractivity contribution in [3.05, 3.63) is 23.9 Å². The van der Waals surface area contributed by atoms with Gasteiger partial charge in [-0.2, -0.15) is 0 Å². The van der Waals surface area contributed by atoms with E-state index in [4.69, 9.17) is 9.72 Å². The highest BCUT2D eigenvalue weighted by molar-refractivity contribution is 5.69. The monoisotopic (exact) mass is 400 g/mol. The Labute approximate surface area is 175 Å². The lowest BCUT2D eigenvalue weighted by Gasteiger charge is -2.48. The fourth-order valence-corrected chi connectivity index (χ4v) is 5.57. The van der Waals surface area contributed by atoms with Crippen LogP contribution in [0.1, 0.15) is 57.9 Å². The number of nitrogens with zero attached hydrogens (tertiary/aromatic N) is 4. The SMILES string of the molecule is C.CCOC(=O)N1CC2(CCC(N3CCN(c4ncccc4C4CC4)CC3)C2)C1. The molecule has 0 N–H and O–H groups in total. The summed E-state index contributed by atoms with van der Waals surface area (Å²) in [4.78, 5) is 23.7. The molecule has 6 nitrogen and oxygen atoms in total. The van der Waals surface area contributed by atoms with Gasteiger partial charge in [-0.1, -0.05) is 13.5 Å². The van der Waals surface area contributed by atoms with Gasteiger partial charge < -0.3 is 14.5 Å². The number of ether oxygens (including phenoxy) is 1. The number of likely N-dealkylation sites (tertiary alicyclic amines) is 1. The van der Waals surface area contributed by atoms with Crippen LogP contribution in [0.25, 0.3) is 0 Å². The largest absolute Gasteiger partial charge is 0.450 e. The molecule has 2 saturated heterocycles. The lowest BCUT2D eigenvalue weighted by atomic mass is 9.78. The fraction of sp³-hybridized carbons (Fsp3) is 0.739. The van der Waals surface area contributed by atoms with Gasteiger partial charge in [-0.25, -0.2) is 9.78 Å². The average molecular weight is 401 g/mol. The van der Waals surface area contributed by atoms with Crippen LogP contribution in [-0.2, 0) is 4.74 Å². The highest BCUT2D eigenvalue weighted by Crippen LogP contribution is 2.47. The molecule has 1 aromatic rings. The number of rotatable bonds is 4. The molecule has 2 aliphatic carbocycles. The summed E-state index contributed by atoms with van der Waals surface area (Å²) in [7, 11) is 0. The van der Waals surface area contributed by atoms with Crippen LogP contribution in [0.3, 0.4) is 0 Å². The van der Waals surface area contributed by atoms with Crippen LogP contribution in [-0.4, -0.2) is 72.8 Å². The van der Waals surface area contributed by atoms with Crippen LogP contribution in [0, 0.1) is 5.41 Å². The predicted molar refractivity (Wildman–Crippen MR) is 115 cm³/mol. The molecular formula is C23H36N4O2. The Hall–Kier alpha value is -1.82. The zero-order valence-corrected chi connectivity index (χ0v) is 17.0. The minimum Gasteiger partial charge on any atom is -0.450 e. The Morgan fingerprint density at radius 1 is 1.21 bits per heavy atom. The van der Waals surface area contributed by atoms with Crippen molar-refractivity contribution in [2.45, 2.75) is 58.4 Å². The zero-order valence-electron chi connectivity index (χ0n) is 17.0. The van der Waals surface area contributed by atoms with Crippen LogP contribution in [0.4, 0.5) is 10.6 Å². The van der Waals surface area contributed by atoms with Gasteiger partial charge in [0.15, 0.2) is 0 Å². The smallest absolute Gasteiger partial charge is 0.409 e. The Kier molecular flexibility index (Phi) is 5.74. The van der Waals surface area contributed by atoms with Crippen LogP contribution in [0.5, 0.6) is 0 Å². The molecule has 1 aromatic heterocycles. The molecule has 6 heteroatoms. The second-order valence-corrected chi connectivity index (χ2v) is 9.17. The van der Waals surface area contributed by atoms with E-state index in [1.165, 1.54) is 43.5 Å². The van der Waals surface area contributed by atoms with Crippen LogP contribution < -0.4 is 4.90 Å². The molecular weight excluding hydrogens is 364 g/mol. The van der Waals surface area contributed by atoms with Crippen molar-refractivity contribution in [1.82, 2.24) is 14.8 Å². The molecule has 0 aromatic carbocycles. The molecule has 4 fully saturated rings. The normalized spacial score (nSPS) is 26.2.